The maximum absolute atomic E-state index is 12.1. The summed E-state index contributed by atoms with van der Waals surface area (Å²) in [6.45, 7) is 8.68. The zero-order valence-electron chi connectivity index (χ0n) is 21.1. The van der Waals surface area contributed by atoms with E-state index >= 15 is 0 Å². The second-order valence-corrected chi connectivity index (χ2v) is 15.5. The second-order valence-electron chi connectivity index (χ2n) is 10.8. The molecule has 0 aliphatic heterocycles. The molecule has 2 aromatic rings. The minimum Gasteiger partial charge on any atom is -0.413 e. The molecular formula is C24H34Cl2O6P2. The number of hydrogen-bond acceptors (Lipinski definition) is 4. The van der Waals surface area contributed by atoms with Crippen molar-refractivity contribution in [2.45, 2.75) is 79.1 Å². The minimum absolute atomic E-state index is 0.203. The zero-order chi connectivity index (χ0) is 26.4. The summed E-state index contributed by atoms with van der Waals surface area (Å²) in [5.74, 6) is -0.0676. The summed E-state index contributed by atoms with van der Waals surface area (Å²) in [4.78, 5) is 19.8. The third-order valence-electron chi connectivity index (χ3n) is 5.48. The Kier molecular flexibility index (Phi) is 8.43. The fourth-order valence-corrected chi connectivity index (χ4v) is 5.23. The fourth-order valence-electron chi connectivity index (χ4n) is 3.96. The van der Waals surface area contributed by atoms with E-state index in [4.69, 9.17) is 31.5 Å². The van der Waals surface area contributed by atoms with E-state index in [1.165, 1.54) is 0 Å². The van der Waals surface area contributed by atoms with Crippen LogP contribution in [0.4, 0.5) is 0 Å². The van der Waals surface area contributed by atoms with Gasteiger partial charge in [0.1, 0.15) is 11.5 Å². The number of aryl methyl sites for hydroxylation is 2. The van der Waals surface area contributed by atoms with Gasteiger partial charge in [0.25, 0.3) is 0 Å². The van der Waals surface area contributed by atoms with Crippen molar-refractivity contribution in [3.8, 4) is 11.5 Å². The summed E-state index contributed by atoms with van der Waals surface area (Å²) in [6, 6.07) is 7.49. The van der Waals surface area contributed by atoms with Gasteiger partial charge in [0.2, 0.25) is 0 Å². The van der Waals surface area contributed by atoms with Gasteiger partial charge in [-0.05, 0) is 24.7 Å². The molecule has 0 saturated carbocycles. The predicted molar refractivity (Wildman–Crippen MR) is 140 cm³/mol. The standard InChI is InChI=1S/C24H34Cl2O6P2/c1-14-10-17(21(31-33(25,27)28)19(12-14)23(4,5)6)16(3)18-11-15(2)13-20(24(7,8)9)22(18)32-34(26,29)30/h10-13,16H,1-9H3,(H,27,28)(H,29,30). The lowest BCUT2D eigenvalue weighted by atomic mass is 9.79. The Labute approximate surface area is 212 Å². The molecule has 0 radical (unpaired) electrons. The Bertz CT molecular complexity index is 1080. The molecule has 34 heavy (non-hydrogen) atoms. The smallest absolute Gasteiger partial charge is 0.413 e. The van der Waals surface area contributed by atoms with Crippen molar-refractivity contribution in [3.63, 3.8) is 0 Å². The van der Waals surface area contributed by atoms with Gasteiger partial charge in [-0.2, -0.15) is 0 Å². The van der Waals surface area contributed by atoms with E-state index in [2.05, 4.69) is 0 Å². The van der Waals surface area contributed by atoms with E-state index in [0.29, 0.717) is 22.3 Å². The van der Waals surface area contributed by atoms with Crippen LogP contribution in [0.2, 0.25) is 0 Å². The molecule has 0 heterocycles. The van der Waals surface area contributed by atoms with Gasteiger partial charge in [-0.25, -0.2) is 9.13 Å². The van der Waals surface area contributed by atoms with Crippen LogP contribution in [-0.4, -0.2) is 9.79 Å². The molecule has 0 spiro atoms. The first-order chi connectivity index (χ1) is 15.1. The van der Waals surface area contributed by atoms with E-state index in [-0.39, 0.29) is 11.5 Å². The molecule has 2 atom stereocenters. The highest BCUT2D eigenvalue weighted by Gasteiger charge is 2.33. The first-order valence-corrected chi connectivity index (χ1v) is 15.8. The topological polar surface area (TPSA) is 93.1 Å². The molecule has 2 N–H and O–H groups in total. The molecular weight excluding hydrogens is 517 g/mol. The SMILES string of the molecule is Cc1cc(C(C)c2cc(C)cc(C(C)(C)C)c2OP(=O)(O)Cl)c(OP(=O)(O)Cl)c(C(C)(C)C)c1. The van der Waals surface area contributed by atoms with Gasteiger partial charge in [0.05, 0.1) is 0 Å². The molecule has 6 nitrogen and oxygen atoms in total. The number of hydrogen-bond donors (Lipinski definition) is 2. The zero-order valence-corrected chi connectivity index (χ0v) is 24.4. The number of rotatable bonds is 6. The Morgan fingerprint density at radius 3 is 1.26 bits per heavy atom. The maximum Gasteiger partial charge on any atom is 0.474 e. The van der Waals surface area contributed by atoms with E-state index in [1.54, 1.807) is 0 Å². The highest BCUT2D eigenvalue weighted by molar-refractivity contribution is 7.81. The lowest BCUT2D eigenvalue weighted by Crippen LogP contribution is -2.17. The number of halogens is 2. The van der Waals surface area contributed by atoms with Gasteiger partial charge < -0.3 is 18.8 Å². The minimum atomic E-state index is -4.41. The van der Waals surface area contributed by atoms with Gasteiger partial charge in [-0.3, -0.25) is 0 Å². The average molecular weight is 551 g/mol. The number of benzene rings is 2. The van der Waals surface area contributed by atoms with E-state index in [1.807, 2.05) is 86.6 Å². The third kappa shape index (κ3) is 7.50. The molecule has 0 aliphatic rings. The van der Waals surface area contributed by atoms with E-state index in [0.717, 1.165) is 11.1 Å². The molecule has 10 heteroatoms. The fraction of sp³-hybridized carbons (Fsp3) is 0.500. The Balaban J connectivity index is 2.95. The molecule has 2 unspecified atom stereocenters. The van der Waals surface area contributed by atoms with Crippen molar-refractivity contribution >= 4 is 36.4 Å². The van der Waals surface area contributed by atoms with Crippen LogP contribution in [0.15, 0.2) is 24.3 Å². The van der Waals surface area contributed by atoms with Crippen molar-refractivity contribution in [2.75, 3.05) is 0 Å². The highest BCUT2D eigenvalue weighted by Crippen LogP contribution is 2.55. The van der Waals surface area contributed by atoms with Crippen molar-refractivity contribution in [2.24, 2.45) is 0 Å². The summed E-state index contributed by atoms with van der Waals surface area (Å²) in [6.07, 6.45) is 0. The van der Waals surface area contributed by atoms with Gasteiger partial charge in [-0.1, -0.05) is 83.9 Å². The summed E-state index contributed by atoms with van der Waals surface area (Å²) in [5.41, 5.74) is 3.58. The summed E-state index contributed by atoms with van der Waals surface area (Å²) < 4.78 is 35.2. The van der Waals surface area contributed by atoms with Gasteiger partial charge >= 0.3 is 13.9 Å². The summed E-state index contributed by atoms with van der Waals surface area (Å²) >= 11 is 11.3. The second kappa shape index (κ2) is 9.81. The molecule has 2 rings (SSSR count). The molecule has 0 amide bonds. The third-order valence-corrected chi connectivity index (χ3v) is 6.71. The van der Waals surface area contributed by atoms with Crippen molar-refractivity contribution in [3.05, 3.63) is 57.6 Å². The van der Waals surface area contributed by atoms with Gasteiger partial charge in [0, 0.05) is 50.7 Å². The van der Waals surface area contributed by atoms with Gasteiger partial charge in [-0.15, -0.1) is 0 Å². The lowest BCUT2D eigenvalue weighted by Gasteiger charge is -2.30. The quantitative estimate of drug-likeness (QED) is 0.350. The Hall–Kier alpha value is -1.00. The van der Waals surface area contributed by atoms with Gasteiger partial charge in [0.15, 0.2) is 0 Å². The first-order valence-electron chi connectivity index (χ1n) is 10.8. The van der Waals surface area contributed by atoms with Crippen LogP contribution in [0.1, 0.15) is 87.8 Å². The summed E-state index contributed by atoms with van der Waals surface area (Å²) in [7, 11) is 0. The van der Waals surface area contributed by atoms with Crippen molar-refractivity contribution in [1.29, 1.82) is 0 Å². The molecule has 0 bridgehead atoms. The molecule has 2 aromatic carbocycles. The lowest BCUT2D eigenvalue weighted by molar-refractivity contribution is 0.390. The van der Waals surface area contributed by atoms with Crippen molar-refractivity contribution < 1.29 is 28.0 Å². The van der Waals surface area contributed by atoms with Crippen LogP contribution in [0.5, 0.6) is 11.5 Å². The highest BCUT2D eigenvalue weighted by atomic mass is 35.7. The molecule has 190 valence electrons. The maximum atomic E-state index is 12.1. The van der Waals surface area contributed by atoms with Crippen LogP contribution < -0.4 is 9.05 Å². The molecule has 0 aromatic heterocycles. The predicted octanol–water partition coefficient (Wildman–Crippen LogP) is 8.49. The molecule has 0 saturated heterocycles. The van der Waals surface area contributed by atoms with E-state index in [9.17, 15) is 18.9 Å². The van der Waals surface area contributed by atoms with E-state index < -0.39 is 30.6 Å². The molecule has 0 aliphatic carbocycles. The summed E-state index contributed by atoms with van der Waals surface area (Å²) in [5, 5.41) is 0. The normalized spacial score (nSPS) is 17.0. The van der Waals surface area contributed by atoms with Crippen LogP contribution in [0.25, 0.3) is 0 Å². The first kappa shape index (κ1) is 29.2. The van der Waals surface area contributed by atoms with Crippen LogP contribution in [0, 0.1) is 13.8 Å². The van der Waals surface area contributed by atoms with Crippen LogP contribution >= 0.6 is 36.4 Å². The largest absolute Gasteiger partial charge is 0.474 e. The monoisotopic (exact) mass is 550 g/mol. The average Bonchev–Trinajstić information content (AvgIpc) is 2.59. The Morgan fingerprint density at radius 2 is 1.03 bits per heavy atom. The van der Waals surface area contributed by atoms with Crippen molar-refractivity contribution in [1.82, 2.24) is 0 Å². The molecule has 0 fully saturated rings. The van der Waals surface area contributed by atoms with Crippen LogP contribution in [0.3, 0.4) is 0 Å². The Morgan fingerprint density at radius 1 is 0.735 bits per heavy atom. The van der Waals surface area contributed by atoms with Crippen LogP contribution in [-0.2, 0) is 20.0 Å².